The molecule has 0 spiro atoms. The monoisotopic (exact) mass is 364 g/mol. The Labute approximate surface area is 166 Å². The molecule has 0 aliphatic heterocycles. The molecule has 0 saturated carbocycles. The van der Waals surface area contributed by atoms with Crippen LogP contribution in [0.3, 0.4) is 0 Å². The van der Waals surface area contributed by atoms with Crippen molar-refractivity contribution in [2.24, 2.45) is 0 Å². The second-order valence-corrected chi connectivity index (χ2v) is 6.55. The summed E-state index contributed by atoms with van der Waals surface area (Å²) in [6.45, 7) is 0. The van der Waals surface area contributed by atoms with E-state index in [1.165, 1.54) is 11.1 Å². The summed E-state index contributed by atoms with van der Waals surface area (Å²) >= 11 is 0. The standard InChI is InChI=1S/C25H21BO2/c1-4-12-21(13-5-1)20-22-14-10-11-19-25(22)26(27-23-15-6-2-7-16-23)28-24-17-8-3-9-18-24/h1-19H,20H2. The lowest BCUT2D eigenvalue weighted by Gasteiger charge is -2.19. The molecular formula is C25H21BO2. The smallest absolute Gasteiger partial charge is 0.522 e. The highest BCUT2D eigenvalue weighted by molar-refractivity contribution is 6.63. The number of para-hydroxylation sites is 2. The molecule has 0 N–H and O–H groups in total. The maximum atomic E-state index is 6.26. The van der Waals surface area contributed by atoms with Crippen LogP contribution >= 0.6 is 0 Å². The Bertz CT molecular complexity index is 947. The Morgan fingerprint density at radius 3 is 1.54 bits per heavy atom. The third-order valence-electron chi connectivity index (χ3n) is 4.52. The summed E-state index contributed by atoms with van der Waals surface area (Å²) in [6.07, 6.45) is 0.823. The first-order chi connectivity index (χ1) is 13.9. The largest absolute Gasteiger partial charge is 0.632 e. The van der Waals surface area contributed by atoms with E-state index in [1.807, 2.05) is 72.8 Å². The van der Waals surface area contributed by atoms with E-state index in [4.69, 9.17) is 9.31 Å². The zero-order valence-electron chi connectivity index (χ0n) is 15.6. The van der Waals surface area contributed by atoms with Gasteiger partial charge in [-0.1, -0.05) is 91.0 Å². The highest BCUT2D eigenvalue weighted by Crippen LogP contribution is 2.16. The van der Waals surface area contributed by atoms with Gasteiger partial charge in [0.15, 0.2) is 0 Å². The van der Waals surface area contributed by atoms with Crippen molar-refractivity contribution >= 4 is 12.6 Å². The van der Waals surface area contributed by atoms with Crippen LogP contribution in [0.4, 0.5) is 0 Å². The first kappa shape index (κ1) is 17.9. The van der Waals surface area contributed by atoms with Crippen molar-refractivity contribution in [2.45, 2.75) is 6.42 Å². The van der Waals surface area contributed by atoms with E-state index in [2.05, 4.69) is 42.5 Å². The van der Waals surface area contributed by atoms with E-state index < -0.39 is 7.12 Å². The fourth-order valence-electron chi connectivity index (χ4n) is 3.14. The predicted octanol–water partition coefficient (Wildman–Crippen LogP) is 5.13. The van der Waals surface area contributed by atoms with Crippen molar-refractivity contribution in [2.75, 3.05) is 0 Å². The third kappa shape index (κ3) is 4.63. The lowest BCUT2D eigenvalue weighted by molar-refractivity contribution is 0.439. The minimum atomic E-state index is -0.537. The quantitative estimate of drug-likeness (QED) is 0.423. The number of rotatable bonds is 7. The van der Waals surface area contributed by atoms with Crippen LogP contribution in [0.25, 0.3) is 0 Å². The summed E-state index contributed by atoms with van der Waals surface area (Å²) in [5, 5.41) is 0. The molecule has 0 fully saturated rings. The van der Waals surface area contributed by atoms with Crippen LogP contribution in [0.15, 0.2) is 115 Å². The molecule has 2 nitrogen and oxygen atoms in total. The average Bonchev–Trinajstić information content (AvgIpc) is 2.76. The molecule has 0 heterocycles. The zero-order chi connectivity index (χ0) is 19.0. The first-order valence-electron chi connectivity index (χ1n) is 9.43. The van der Waals surface area contributed by atoms with Gasteiger partial charge in [0, 0.05) is 5.46 Å². The van der Waals surface area contributed by atoms with Crippen molar-refractivity contribution in [3.63, 3.8) is 0 Å². The zero-order valence-corrected chi connectivity index (χ0v) is 15.6. The van der Waals surface area contributed by atoms with Gasteiger partial charge in [-0.15, -0.1) is 0 Å². The van der Waals surface area contributed by atoms with Gasteiger partial charge in [0.2, 0.25) is 0 Å². The molecule has 0 atom stereocenters. The van der Waals surface area contributed by atoms with Gasteiger partial charge < -0.3 is 9.31 Å². The lowest BCUT2D eigenvalue weighted by atomic mass is 9.74. The normalized spacial score (nSPS) is 10.3. The Balaban J connectivity index is 1.67. The number of hydrogen-bond acceptors (Lipinski definition) is 2. The summed E-state index contributed by atoms with van der Waals surface area (Å²) in [5.74, 6) is 1.55. The molecule has 0 aliphatic carbocycles. The van der Waals surface area contributed by atoms with Crippen LogP contribution in [0.2, 0.25) is 0 Å². The van der Waals surface area contributed by atoms with Gasteiger partial charge in [-0.2, -0.15) is 0 Å². The number of benzene rings is 4. The summed E-state index contributed by atoms with van der Waals surface area (Å²) in [5.41, 5.74) is 3.47. The van der Waals surface area contributed by atoms with E-state index in [1.54, 1.807) is 0 Å². The minimum Gasteiger partial charge on any atom is -0.522 e. The molecule has 4 aromatic rings. The molecule has 0 saturated heterocycles. The molecule has 0 amide bonds. The van der Waals surface area contributed by atoms with Gasteiger partial charge in [0.25, 0.3) is 0 Å². The van der Waals surface area contributed by atoms with Crippen LogP contribution in [-0.2, 0) is 6.42 Å². The molecule has 28 heavy (non-hydrogen) atoms. The molecule has 0 aliphatic rings. The SMILES string of the molecule is c1ccc(Cc2ccccc2B(Oc2ccccc2)Oc2ccccc2)cc1. The first-order valence-corrected chi connectivity index (χ1v) is 9.43. The van der Waals surface area contributed by atoms with Crippen LogP contribution < -0.4 is 14.8 Å². The Hall–Kier alpha value is -3.46. The minimum absolute atomic E-state index is 0.537. The molecule has 0 aromatic heterocycles. The van der Waals surface area contributed by atoms with Gasteiger partial charge in [0.05, 0.1) is 0 Å². The van der Waals surface area contributed by atoms with Gasteiger partial charge in [-0.25, -0.2) is 0 Å². The van der Waals surface area contributed by atoms with Gasteiger partial charge >= 0.3 is 7.12 Å². The fraction of sp³-hybridized carbons (Fsp3) is 0.0400. The van der Waals surface area contributed by atoms with E-state index in [-0.39, 0.29) is 0 Å². The summed E-state index contributed by atoms with van der Waals surface area (Å²) in [4.78, 5) is 0. The molecular weight excluding hydrogens is 343 g/mol. The van der Waals surface area contributed by atoms with Crippen molar-refractivity contribution < 1.29 is 9.31 Å². The maximum absolute atomic E-state index is 6.26. The van der Waals surface area contributed by atoms with Crippen molar-refractivity contribution in [1.29, 1.82) is 0 Å². The Kier molecular flexibility index (Phi) is 5.74. The van der Waals surface area contributed by atoms with Gasteiger partial charge in [-0.3, -0.25) is 0 Å². The van der Waals surface area contributed by atoms with E-state index in [0.717, 1.165) is 23.4 Å². The topological polar surface area (TPSA) is 18.5 Å². The van der Waals surface area contributed by atoms with Crippen LogP contribution in [0, 0.1) is 0 Å². The molecule has 0 radical (unpaired) electrons. The summed E-state index contributed by atoms with van der Waals surface area (Å²) in [7, 11) is -0.537. The van der Waals surface area contributed by atoms with Crippen LogP contribution in [0.5, 0.6) is 11.5 Å². The Morgan fingerprint density at radius 1 is 0.500 bits per heavy atom. The van der Waals surface area contributed by atoms with Crippen molar-refractivity contribution in [3.8, 4) is 11.5 Å². The lowest BCUT2D eigenvalue weighted by Crippen LogP contribution is -2.44. The molecule has 4 aromatic carbocycles. The average molecular weight is 364 g/mol. The van der Waals surface area contributed by atoms with E-state index >= 15 is 0 Å². The molecule has 0 bridgehead atoms. The van der Waals surface area contributed by atoms with E-state index in [9.17, 15) is 0 Å². The fourth-order valence-corrected chi connectivity index (χ4v) is 3.14. The number of hydrogen-bond donors (Lipinski definition) is 0. The molecule has 0 unspecified atom stereocenters. The Morgan fingerprint density at radius 2 is 0.964 bits per heavy atom. The van der Waals surface area contributed by atoms with Crippen LogP contribution in [-0.4, -0.2) is 7.12 Å². The van der Waals surface area contributed by atoms with Crippen LogP contribution in [0.1, 0.15) is 11.1 Å². The molecule has 3 heteroatoms. The highest BCUT2D eigenvalue weighted by atomic mass is 16.6. The van der Waals surface area contributed by atoms with Crippen molar-refractivity contribution in [3.05, 3.63) is 126 Å². The van der Waals surface area contributed by atoms with Gasteiger partial charge in [-0.05, 0) is 41.8 Å². The summed E-state index contributed by atoms with van der Waals surface area (Å²) < 4.78 is 12.5. The molecule has 136 valence electrons. The second-order valence-electron chi connectivity index (χ2n) is 6.55. The third-order valence-corrected chi connectivity index (χ3v) is 4.52. The van der Waals surface area contributed by atoms with Crippen molar-refractivity contribution in [1.82, 2.24) is 0 Å². The van der Waals surface area contributed by atoms with Gasteiger partial charge in [0.1, 0.15) is 11.5 Å². The summed E-state index contributed by atoms with van der Waals surface area (Å²) in [6, 6.07) is 38.3. The maximum Gasteiger partial charge on any atom is 0.632 e. The highest BCUT2D eigenvalue weighted by Gasteiger charge is 2.29. The second kappa shape index (κ2) is 8.96. The molecule has 4 rings (SSSR count). The predicted molar refractivity (Wildman–Crippen MR) is 115 cm³/mol. The van der Waals surface area contributed by atoms with E-state index in [0.29, 0.717) is 0 Å².